The van der Waals surface area contributed by atoms with Gasteiger partial charge in [0.1, 0.15) is 5.82 Å². The summed E-state index contributed by atoms with van der Waals surface area (Å²) < 4.78 is 12.9. The summed E-state index contributed by atoms with van der Waals surface area (Å²) >= 11 is 11.9. The summed E-state index contributed by atoms with van der Waals surface area (Å²) in [5, 5.41) is 14.7. The maximum atomic E-state index is 12.9. The number of halogens is 3. The molecule has 0 saturated carbocycles. The Kier molecular flexibility index (Phi) is 4.55. The Hall–Kier alpha value is -2.44. The lowest BCUT2D eigenvalue weighted by Gasteiger charge is -2.08. The summed E-state index contributed by atoms with van der Waals surface area (Å²) in [6.07, 6.45) is 1.46. The van der Waals surface area contributed by atoms with Crippen molar-refractivity contribution in [1.82, 2.24) is 15.2 Å². The molecular weight excluding hydrogens is 340 g/mol. The molecule has 8 heteroatoms. The van der Waals surface area contributed by atoms with E-state index in [0.717, 1.165) is 0 Å². The van der Waals surface area contributed by atoms with Crippen LogP contribution in [0.2, 0.25) is 10.0 Å². The van der Waals surface area contributed by atoms with E-state index in [2.05, 4.69) is 25.8 Å². The van der Waals surface area contributed by atoms with Crippen LogP contribution in [0.4, 0.5) is 27.5 Å². The molecule has 116 valence electrons. The molecule has 0 aliphatic rings. The molecule has 23 heavy (non-hydrogen) atoms. The molecule has 0 bridgehead atoms. The van der Waals surface area contributed by atoms with Gasteiger partial charge in [-0.15, -0.1) is 5.10 Å². The van der Waals surface area contributed by atoms with Gasteiger partial charge in [0.15, 0.2) is 5.82 Å². The minimum atomic E-state index is -0.309. The Labute approximate surface area is 141 Å². The molecule has 1 aromatic heterocycles. The van der Waals surface area contributed by atoms with Crippen LogP contribution in [0.5, 0.6) is 0 Å². The maximum Gasteiger partial charge on any atom is 0.249 e. The van der Waals surface area contributed by atoms with Gasteiger partial charge in [0.05, 0.1) is 6.20 Å². The van der Waals surface area contributed by atoms with E-state index < -0.39 is 0 Å². The Balaban J connectivity index is 1.78. The van der Waals surface area contributed by atoms with Gasteiger partial charge in [0.25, 0.3) is 0 Å². The third-order valence-corrected chi connectivity index (χ3v) is 3.23. The zero-order chi connectivity index (χ0) is 16.2. The quantitative estimate of drug-likeness (QED) is 0.707. The molecule has 0 saturated heterocycles. The summed E-state index contributed by atoms with van der Waals surface area (Å²) in [5.74, 6) is 0.425. The zero-order valence-corrected chi connectivity index (χ0v) is 13.1. The molecule has 0 aliphatic heterocycles. The van der Waals surface area contributed by atoms with Crippen molar-refractivity contribution in [1.29, 1.82) is 0 Å². The van der Waals surface area contributed by atoms with E-state index in [1.165, 1.54) is 18.3 Å². The highest BCUT2D eigenvalue weighted by Crippen LogP contribution is 2.24. The highest BCUT2D eigenvalue weighted by atomic mass is 35.5. The molecule has 3 aromatic rings. The number of anilines is 4. The lowest BCUT2D eigenvalue weighted by Crippen LogP contribution is -2.02. The Morgan fingerprint density at radius 1 is 0.870 bits per heavy atom. The minimum Gasteiger partial charge on any atom is -0.339 e. The van der Waals surface area contributed by atoms with Crippen molar-refractivity contribution in [3.8, 4) is 0 Å². The summed E-state index contributed by atoms with van der Waals surface area (Å²) in [6.45, 7) is 0. The van der Waals surface area contributed by atoms with Crippen LogP contribution in [0.3, 0.4) is 0 Å². The van der Waals surface area contributed by atoms with Gasteiger partial charge in [-0.05, 0) is 42.5 Å². The number of hydrogen-bond acceptors (Lipinski definition) is 5. The molecule has 5 nitrogen and oxygen atoms in total. The van der Waals surface area contributed by atoms with Gasteiger partial charge in [0, 0.05) is 21.4 Å². The van der Waals surface area contributed by atoms with Crippen molar-refractivity contribution in [3.63, 3.8) is 0 Å². The first-order valence-electron chi connectivity index (χ1n) is 6.54. The maximum absolute atomic E-state index is 12.9. The highest BCUT2D eigenvalue weighted by molar-refractivity contribution is 6.35. The monoisotopic (exact) mass is 349 g/mol. The summed E-state index contributed by atoms with van der Waals surface area (Å²) in [6, 6.07) is 10.9. The van der Waals surface area contributed by atoms with Crippen LogP contribution in [0, 0.1) is 5.82 Å². The van der Waals surface area contributed by atoms with E-state index in [0.29, 0.717) is 27.2 Å². The van der Waals surface area contributed by atoms with Crippen LogP contribution in [0.15, 0.2) is 48.7 Å². The lowest BCUT2D eigenvalue weighted by molar-refractivity contribution is 0.628. The van der Waals surface area contributed by atoms with Crippen molar-refractivity contribution in [3.05, 3.63) is 64.5 Å². The Morgan fingerprint density at radius 2 is 1.57 bits per heavy atom. The SMILES string of the molecule is Fc1ccc(Nc2cnnc(Nc3cc(Cl)cc(Cl)c3)n2)cc1. The number of aromatic nitrogens is 3. The number of hydrogen-bond donors (Lipinski definition) is 2. The first-order chi connectivity index (χ1) is 11.1. The molecule has 2 aromatic carbocycles. The fourth-order valence-corrected chi connectivity index (χ4v) is 2.38. The number of rotatable bonds is 4. The van der Waals surface area contributed by atoms with Crippen LogP contribution in [0.25, 0.3) is 0 Å². The molecule has 0 aliphatic carbocycles. The summed E-state index contributed by atoms with van der Waals surface area (Å²) in [5.41, 5.74) is 1.33. The predicted octanol–water partition coefficient (Wildman–Crippen LogP) is 4.80. The fraction of sp³-hybridized carbons (Fsp3) is 0. The molecule has 0 atom stereocenters. The molecule has 0 fully saturated rings. The molecule has 3 rings (SSSR count). The third-order valence-electron chi connectivity index (χ3n) is 2.79. The van der Waals surface area contributed by atoms with Crippen LogP contribution >= 0.6 is 23.2 Å². The topological polar surface area (TPSA) is 62.7 Å². The number of benzene rings is 2. The van der Waals surface area contributed by atoms with Gasteiger partial charge >= 0.3 is 0 Å². The van der Waals surface area contributed by atoms with Gasteiger partial charge in [-0.3, -0.25) is 0 Å². The van der Waals surface area contributed by atoms with Crippen molar-refractivity contribution in [2.24, 2.45) is 0 Å². The highest BCUT2D eigenvalue weighted by Gasteiger charge is 2.04. The van der Waals surface area contributed by atoms with Gasteiger partial charge in [-0.25, -0.2) is 4.39 Å². The second-order valence-corrected chi connectivity index (χ2v) is 5.45. The van der Waals surface area contributed by atoms with E-state index in [1.54, 1.807) is 30.3 Å². The van der Waals surface area contributed by atoms with Crippen molar-refractivity contribution >= 4 is 46.3 Å². The Bertz CT molecular complexity index is 806. The van der Waals surface area contributed by atoms with Crippen LogP contribution in [-0.4, -0.2) is 15.2 Å². The van der Waals surface area contributed by atoms with Gasteiger partial charge in [-0.1, -0.05) is 23.2 Å². The van der Waals surface area contributed by atoms with E-state index >= 15 is 0 Å². The van der Waals surface area contributed by atoms with E-state index in [1.807, 2.05) is 0 Å². The van der Waals surface area contributed by atoms with Crippen molar-refractivity contribution < 1.29 is 4.39 Å². The smallest absolute Gasteiger partial charge is 0.249 e. The number of nitrogens with zero attached hydrogens (tertiary/aromatic N) is 3. The van der Waals surface area contributed by atoms with E-state index in [9.17, 15) is 4.39 Å². The fourth-order valence-electron chi connectivity index (χ4n) is 1.85. The molecule has 2 N–H and O–H groups in total. The molecule has 0 spiro atoms. The van der Waals surface area contributed by atoms with Crippen LogP contribution < -0.4 is 10.6 Å². The van der Waals surface area contributed by atoms with Crippen LogP contribution in [0.1, 0.15) is 0 Å². The first kappa shape index (κ1) is 15.5. The summed E-state index contributed by atoms with van der Waals surface area (Å²) in [4.78, 5) is 4.27. The third kappa shape index (κ3) is 4.28. The number of nitrogens with one attached hydrogen (secondary N) is 2. The molecule has 0 unspecified atom stereocenters. The van der Waals surface area contributed by atoms with E-state index in [-0.39, 0.29) is 11.8 Å². The van der Waals surface area contributed by atoms with Crippen LogP contribution in [-0.2, 0) is 0 Å². The van der Waals surface area contributed by atoms with E-state index in [4.69, 9.17) is 23.2 Å². The lowest BCUT2D eigenvalue weighted by atomic mass is 10.3. The first-order valence-corrected chi connectivity index (χ1v) is 7.29. The largest absolute Gasteiger partial charge is 0.339 e. The molecular formula is C15H10Cl2FN5. The molecule has 1 heterocycles. The molecule has 0 radical (unpaired) electrons. The molecule has 0 amide bonds. The average Bonchev–Trinajstić information content (AvgIpc) is 2.49. The standard InChI is InChI=1S/C15H10Cl2FN5/c16-9-5-10(17)7-13(6-9)21-15-22-14(8-19-23-15)20-12-3-1-11(18)2-4-12/h1-8H,(H2,20,21,22,23). The minimum absolute atomic E-state index is 0.274. The van der Waals surface area contributed by atoms with Crippen molar-refractivity contribution in [2.75, 3.05) is 10.6 Å². The van der Waals surface area contributed by atoms with Gasteiger partial charge < -0.3 is 10.6 Å². The second kappa shape index (κ2) is 6.76. The summed E-state index contributed by atoms with van der Waals surface area (Å²) in [7, 11) is 0. The van der Waals surface area contributed by atoms with Crippen molar-refractivity contribution in [2.45, 2.75) is 0 Å². The van der Waals surface area contributed by atoms with Gasteiger partial charge in [0.2, 0.25) is 5.95 Å². The van der Waals surface area contributed by atoms with Gasteiger partial charge in [-0.2, -0.15) is 10.1 Å². The predicted molar refractivity (Wildman–Crippen MR) is 89.3 cm³/mol. The second-order valence-electron chi connectivity index (χ2n) is 4.58. The normalized spacial score (nSPS) is 10.4. The Morgan fingerprint density at radius 3 is 2.26 bits per heavy atom. The average molecular weight is 350 g/mol. The zero-order valence-electron chi connectivity index (χ0n) is 11.6.